The van der Waals surface area contributed by atoms with Crippen LogP contribution < -0.4 is 4.74 Å². The number of likely N-dealkylation sites (tertiary alicyclic amines) is 1. The van der Waals surface area contributed by atoms with E-state index in [9.17, 15) is 14.4 Å². The van der Waals surface area contributed by atoms with Crippen molar-refractivity contribution >= 4 is 17.9 Å². The zero-order valence-corrected chi connectivity index (χ0v) is 12.6. The zero-order valence-electron chi connectivity index (χ0n) is 12.6. The first-order valence-electron chi connectivity index (χ1n) is 7.59. The van der Waals surface area contributed by atoms with E-state index >= 15 is 0 Å². The number of amides is 3. The fourth-order valence-corrected chi connectivity index (χ4v) is 2.84. The molecule has 0 unspecified atom stereocenters. The quantitative estimate of drug-likeness (QED) is 0.829. The third kappa shape index (κ3) is 3.44. The van der Waals surface area contributed by atoms with Crippen molar-refractivity contribution in [3.8, 4) is 5.75 Å². The molecule has 0 saturated carbocycles. The fraction of sp³-hybridized carbons (Fsp3) is 0.438. The Morgan fingerprint density at radius 2 is 1.87 bits per heavy atom. The summed E-state index contributed by atoms with van der Waals surface area (Å²) < 4.78 is 10.2. The minimum absolute atomic E-state index is 0.0145. The van der Waals surface area contributed by atoms with Crippen molar-refractivity contribution in [3.05, 3.63) is 30.3 Å². The maximum absolute atomic E-state index is 12.2. The van der Waals surface area contributed by atoms with Gasteiger partial charge >= 0.3 is 6.09 Å². The Morgan fingerprint density at radius 1 is 1.17 bits per heavy atom. The van der Waals surface area contributed by atoms with Gasteiger partial charge in [-0.25, -0.2) is 9.69 Å². The first kappa shape index (κ1) is 15.3. The normalized spacial score (nSPS) is 19.0. The minimum atomic E-state index is -0.577. The molecule has 0 radical (unpaired) electrons. The van der Waals surface area contributed by atoms with Gasteiger partial charge in [0.25, 0.3) is 11.8 Å². The van der Waals surface area contributed by atoms with Crippen LogP contribution in [0.15, 0.2) is 30.3 Å². The standard InChI is InChI=1S/C16H18N2O5/c19-14(10-22-13-4-2-1-3-5-13)17-8-6-12(7-9-17)18-15(20)11-23-16(18)21/h1-5,12H,6-11H2. The Bertz CT molecular complexity index is 580. The second-order valence-electron chi connectivity index (χ2n) is 5.53. The molecule has 2 aliphatic rings. The lowest BCUT2D eigenvalue weighted by Crippen LogP contribution is -2.49. The summed E-state index contributed by atoms with van der Waals surface area (Å²) in [5, 5.41) is 0. The minimum Gasteiger partial charge on any atom is -0.484 e. The number of benzene rings is 1. The lowest BCUT2D eigenvalue weighted by molar-refractivity contribution is -0.135. The second-order valence-corrected chi connectivity index (χ2v) is 5.53. The number of ether oxygens (including phenoxy) is 2. The van der Waals surface area contributed by atoms with E-state index in [-0.39, 0.29) is 31.1 Å². The molecule has 1 aromatic carbocycles. The summed E-state index contributed by atoms with van der Waals surface area (Å²) in [5.41, 5.74) is 0. The zero-order chi connectivity index (χ0) is 16.2. The Kier molecular flexibility index (Phi) is 4.45. The number of cyclic esters (lactones) is 1. The highest BCUT2D eigenvalue weighted by Crippen LogP contribution is 2.21. The number of rotatable bonds is 4. The predicted molar refractivity (Wildman–Crippen MR) is 79.7 cm³/mol. The summed E-state index contributed by atoms with van der Waals surface area (Å²) in [4.78, 5) is 38.2. The van der Waals surface area contributed by atoms with Gasteiger partial charge in [-0.2, -0.15) is 0 Å². The van der Waals surface area contributed by atoms with Crippen LogP contribution in [0.4, 0.5) is 4.79 Å². The molecule has 0 aromatic heterocycles. The molecule has 3 rings (SSSR count). The molecule has 7 heteroatoms. The molecule has 2 heterocycles. The van der Waals surface area contributed by atoms with Crippen LogP contribution in [-0.4, -0.2) is 60.1 Å². The molecular weight excluding hydrogens is 300 g/mol. The van der Waals surface area contributed by atoms with Crippen LogP contribution in [0.3, 0.4) is 0 Å². The average molecular weight is 318 g/mol. The number of piperidine rings is 1. The van der Waals surface area contributed by atoms with Crippen LogP contribution in [0.2, 0.25) is 0 Å². The van der Waals surface area contributed by atoms with E-state index in [2.05, 4.69) is 0 Å². The van der Waals surface area contributed by atoms with Crippen molar-refractivity contribution in [1.29, 1.82) is 0 Å². The van der Waals surface area contributed by atoms with E-state index in [1.807, 2.05) is 18.2 Å². The van der Waals surface area contributed by atoms with Gasteiger partial charge in [0.1, 0.15) is 5.75 Å². The third-order valence-electron chi connectivity index (χ3n) is 4.07. The summed E-state index contributed by atoms with van der Waals surface area (Å²) in [6, 6.07) is 8.98. The largest absolute Gasteiger partial charge is 0.484 e. The number of hydrogen-bond donors (Lipinski definition) is 0. The molecule has 0 aliphatic carbocycles. The number of para-hydroxylation sites is 1. The molecule has 2 fully saturated rings. The number of hydrogen-bond acceptors (Lipinski definition) is 5. The van der Waals surface area contributed by atoms with Crippen molar-refractivity contribution in [2.24, 2.45) is 0 Å². The number of carbonyl (C=O) groups excluding carboxylic acids is 3. The predicted octanol–water partition coefficient (Wildman–Crippen LogP) is 1.04. The topological polar surface area (TPSA) is 76.2 Å². The Balaban J connectivity index is 1.48. The number of nitrogens with zero attached hydrogens (tertiary/aromatic N) is 2. The molecule has 3 amide bonds. The van der Waals surface area contributed by atoms with Gasteiger partial charge in [0.15, 0.2) is 13.2 Å². The monoisotopic (exact) mass is 318 g/mol. The summed E-state index contributed by atoms with van der Waals surface area (Å²) >= 11 is 0. The molecule has 0 N–H and O–H groups in total. The highest BCUT2D eigenvalue weighted by atomic mass is 16.6. The smallest absolute Gasteiger partial charge is 0.417 e. The van der Waals surface area contributed by atoms with Gasteiger partial charge in [0.2, 0.25) is 0 Å². The maximum atomic E-state index is 12.2. The number of carbonyl (C=O) groups is 3. The molecule has 0 atom stereocenters. The van der Waals surface area contributed by atoms with E-state index in [1.165, 1.54) is 4.90 Å². The first-order valence-corrected chi connectivity index (χ1v) is 7.59. The van der Waals surface area contributed by atoms with Gasteiger partial charge in [-0.05, 0) is 25.0 Å². The Labute approximate surface area is 133 Å². The van der Waals surface area contributed by atoms with E-state index in [1.54, 1.807) is 17.0 Å². The summed E-state index contributed by atoms with van der Waals surface area (Å²) in [5.74, 6) is 0.260. The van der Waals surface area contributed by atoms with E-state index in [4.69, 9.17) is 9.47 Å². The lowest BCUT2D eigenvalue weighted by Gasteiger charge is -2.34. The van der Waals surface area contributed by atoms with Gasteiger partial charge in [0.05, 0.1) is 0 Å². The molecule has 23 heavy (non-hydrogen) atoms. The second kappa shape index (κ2) is 6.68. The molecule has 2 saturated heterocycles. The Hall–Kier alpha value is -2.57. The van der Waals surface area contributed by atoms with Crippen molar-refractivity contribution in [2.45, 2.75) is 18.9 Å². The SMILES string of the molecule is O=C(COc1ccccc1)N1CCC(N2C(=O)COC2=O)CC1. The van der Waals surface area contributed by atoms with Crippen LogP contribution in [0.5, 0.6) is 5.75 Å². The summed E-state index contributed by atoms with van der Waals surface area (Å²) in [7, 11) is 0. The Morgan fingerprint density at radius 3 is 2.48 bits per heavy atom. The van der Waals surface area contributed by atoms with Crippen molar-refractivity contribution in [3.63, 3.8) is 0 Å². The van der Waals surface area contributed by atoms with Crippen molar-refractivity contribution < 1.29 is 23.9 Å². The van der Waals surface area contributed by atoms with Crippen LogP contribution in [0.1, 0.15) is 12.8 Å². The van der Waals surface area contributed by atoms with E-state index in [0.717, 1.165) is 0 Å². The van der Waals surface area contributed by atoms with Gasteiger partial charge in [-0.15, -0.1) is 0 Å². The van der Waals surface area contributed by atoms with Crippen LogP contribution >= 0.6 is 0 Å². The van der Waals surface area contributed by atoms with Crippen molar-refractivity contribution in [2.75, 3.05) is 26.3 Å². The van der Waals surface area contributed by atoms with Crippen LogP contribution in [0.25, 0.3) is 0 Å². The van der Waals surface area contributed by atoms with Gasteiger partial charge in [0, 0.05) is 19.1 Å². The lowest BCUT2D eigenvalue weighted by atomic mass is 10.0. The molecule has 122 valence electrons. The highest BCUT2D eigenvalue weighted by Gasteiger charge is 2.38. The van der Waals surface area contributed by atoms with Gasteiger partial charge in [-0.1, -0.05) is 18.2 Å². The molecular formula is C16H18N2O5. The maximum Gasteiger partial charge on any atom is 0.417 e. The van der Waals surface area contributed by atoms with Crippen molar-refractivity contribution in [1.82, 2.24) is 9.80 Å². The molecule has 2 aliphatic heterocycles. The van der Waals surface area contributed by atoms with Crippen LogP contribution in [-0.2, 0) is 14.3 Å². The highest BCUT2D eigenvalue weighted by molar-refractivity contribution is 5.98. The fourth-order valence-electron chi connectivity index (χ4n) is 2.84. The first-order chi connectivity index (χ1) is 11.1. The van der Waals surface area contributed by atoms with Gasteiger partial charge < -0.3 is 14.4 Å². The molecule has 1 aromatic rings. The average Bonchev–Trinajstić information content (AvgIpc) is 2.92. The summed E-state index contributed by atoms with van der Waals surface area (Å²) in [6.45, 7) is 0.805. The molecule has 7 nitrogen and oxygen atoms in total. The third-order valence-corrected chi connectivity index (χ3v) is 4.07. The van der Waals surface area contributed by atoms with Gasteiger partial charge in [-0.3, -0.25) is 9.59 Å². The van der Waals surface area contributed by atoms with Crippen LogP contribution in [0, 0.1) is 0 Å². The van der Waals surface area contributed by atoms with E-state index in [0.29, 0.717) is 31.7 Å². The van der Waals surface area contributed by atoms with E-state index < -0.39 is 6.09 Å². The molecule has 0 bridgehead atoms. The molecule has 0 spiro atoms. The number of imide groups is 1. The summed E-state index contributed by atoms with van der Waals surface area (Å²) in [6.07, 6.45) is 0.558.